The number of fused-ring (bicyclic) bond motifs is 2. The van der Waals surface area contributed by atoms with Crippen molar-refractivity contribution < 1.29 is 4.74 Å². The number of imidazole rings is 1. The van der Waals surface area contributed by atoms with Gasteiger partial charge in [0.1, 0.15) is 5.52 Å². The second-order valence-electron chi connectivity index (χ2n) is 7.20. The summed E-state index contributed by atoms with van der Waals surface area (Å²) in [5.74, 6) is 0.900. The molecule has 0 aliphatic carbocycles. The van der Waals surface area contributed by atoms with Gasteiger partial charge in [0.05, 0.1) is 17.9 Å². The predicted molar refractivity (Wildman–Crippen MR) is 118 cm³/mol. The fourth-order valence-corrected chi connectivity index (χ4v) is 3.39. The van der Waals surface area contributed by atoms with Crippen molar-refractivity contribution >= 4 is 33.7 Å². The van der Waals surface area contributed by atoms with E-state index >= 15 is 0 Å². The van der Waals surface area contributed by atoms with E-state index in [-0.39, 0.29) is 6.10 Å². The molecule has 0 bridgehead atoms. The van der Waals surface area contributed by atoms with Crippen LogP contribution in [-0.2, 0) is 0 Å². The standard InChI is InChI=1S/C23H20N6O/c1-14(2)30-22-20-21(26-13-25-20)28-23(29-22)27-16-8-9-19-18(12-16)17(10-11-24-19)15-6-4-3-5-7-15/h3-14H,1-2H3,(H2,25,26,27,28,29). The van der Waals surface area contributed by atoms with Crippen LogP contribution in [0.4, 0.5) is 11.6 Å². The average Bonchev–Trinajstić information content (AvgIpc) is 3.22. The van der Waals surface area contributed by atoms with Crippen LogP contribution in [0, 0.1) is 0 Å². The summed E-state index contributed by atoms with van der Waals surface area (Å²) in [5, 5.41) is 4.34. The topological polar surface area (TPSA) is 88.6 Å². The molecule has 2 N–H and O–H groups in total. The molecule has 5 rings (SSSR count). The third-order valence-corrected chi connectivity index (χ3v) is 4.68. The average molecular weight is 396 g/mol. The number of nitrogens with zero attached hydrogens (tertiary/aromatic N) is 4. The van der Waals surface area contributed by atoms with Crippen LogP contribution in [-0.4, -0.2) is 31.0 Å². The number of anilines is 2. The first-order valence-corrected chi connectivity index (χ1v) is 9.76. The van der Waals surface area contributed by atoms with Crippen molar-refractivity contribution in [1.82, 2.24) is 24.9 Å². The highest BCUT2D eigenvalue weighted by Gasteiger charge is 2.13. The van der Waals surface area contributed by atoms with Gasteiger partial charge in [0.2, 0.25) is 11.8 Å². The molecule has 7 nitrogen and oxygen atoms in total. The zero-order valence-electron chi connectivity index (χ0n) is 16.6. The van der Waals surface area contributed by atoms with Gasteiger partial charge < -0.3 is 15.0 Å². The summed E-state index contributed by atoms with van der Waals surface area (Å²) in [6.07, 6.45) is 3.41. The normalized spacial score (nSPS) is 11.3. The van der Waals surface area contributed by atoms with E-state index in [2.05, 4.69) is 48.4 Å². The molecule has 5 aromatic rings. The lowest BCUT2D eigenvalue weighted by molar-refractivity contribution is 0.235. The Morgan fingerprint density at radius 1 is 0.967 bits per heavy atom. The number of rotatable bonds is 5. The quantitative estimate of drug-likeness (QED) is 0.430. The van der Waals surface area contributed by atoms with Crippen LogP contribution < -0.4 is 10.1 Å². The fourth-order valence-electron chi connectivity index (χ4n) is 3.39. The van der Waals surface area contributed by atoms with Crippen LogP contribution in [0.25, 0.3) is 33.2 Å². The summed E-state index contributed by atoms with van der Waals surface area (Å²) in [4.78, 5) is 20.8. The monoisotopic (exact) mass is 396 g/mol. The van der Waals surface area contributed by atoms with Crippen molar-refractivity contribution in [2.24, 2.45) is 0 Å². The van der Waals surface area contributed by atoms with Crippen LogP contribution in [0.3, 0.4) is 0 Å². The van der Waals surface area contributed by atoms with E-state index in [1.807, 2.05) is 56.4 Å². The Hall–Kier alpha value is -4.00. The fraction of sp³-hybridized carbons (Fsp3) is 0.130. The zero-order valence-corrected chi connectivity index (χ0v) is 16.6. The number of ether oxygens (including phenoxy) is 1. The van der Waals surface area contributed by atoms with Crippen molar-refractivity contribution in [1.29, 1.82) is 0 Å². The van der Waals surface area contributed by atoms with Gasteiger partial charge in [-0.2, -0.15) is 9.97 Å². The highest BCUT2D eigenvalue weighted by Crippen LogP contribution is 2.30. The highest BCUT2D eigenvalue weighted by molar-refractivity contribution is 5.96. The molecule has 7 heteroatoms. The Morgan fingerprint density at radius 2 is 1.83 bits per heavy atom. The Kier molecular flexibility index (Phi) is 4.48. The number of pyridine rings is 1. The van der Waals surface area contributed by atoms with E-state index in [1.165, 1.54) is 0 Å². The van der Waals surface area contributed by atoms with Crippen molar-refractivity contribution in [3.05, 3.63) is 67.1 Å². The third-order valence-electron chi connectivity index (χ3n) is 4.68. The van der Waals surface area contributed by atoms with E-state index in [0.29, 0.717) is 23.0 Å². The van der Waals surface area contributed by atoms with Crippen LogP contribution in [0.5, 0.6) is 5.88 Å². The van der Waals surface area contributed by atoms with Crippen molar-refractivity contribution in [3.8, 4) is 17.0 Å². The van der Waals surface area contributed by atoms with Gasteiger partial charge in [-0.25, -0.2) is 4.98 Å². The Bertz CT molecular complexity index is 1330. The highest BCUT2D eigenvalue weighted by atomic mass is 16.5. The molecule has 0 aliphatic rings. The summed E-state index contributed by atoms with van der Waals surface area (Å²) < 4.78 is 5.84. The summed E-state index contributed by atoms with van der Waals surface area (Å²) in [7, 11) is 0. The summed E-state index contributed by atoms with van der Waals surface area (Å²) >= 11 is 0. The van der Waals surface area contributed by atoms with Crippen LogP contribution >= 0.6 is 0 Å². The number of aromatic amines is 1. The number of aromatic nitrogens is 5. The largest absolute Gasteiger partial charge is 0.473 e. The molecule has 3 heterocycles. The SMILES string of the molecule is CC(C)Oc1nc(Nc2ccc3nccc(-c4ccccc4)c3c2)nc2nc[nH]c12. The molecule has 0 amide bonds. The van der Waals surface area contributed by atoms with Gasteiger partial charge >= 0.3 is 0 Å². The minimum atomic E-state index is -0.0144. The summed E-state index contributed by atoms with van der Waals surface area (Å²) in [6, 6.07) is 18.3. The Morgan fingerprint density at radius 3 is 2.67 bits per heavy atom. The van der Waals surface area contributed by atoms with Crippen LogP contribution in [0.15, 0.2) is 67.1 Å². The molecular formula is C23H20N6O. The number of nitrogens with one attached hydrogen (secondary N) is 2. The summed E-state index contributed by atoms with van der Waals surface area (Å²) in [6.45, 7) is 3.91. The molecule has 0 saturated carbocycles. The van der Waals surface area contributed by atoms with E-state index in [0.717, 1.165) is 27.7 Å². The lowest BCUT2D eigenvalue weighted by Crippen LogP contribution is -2.09. The first kappa shape index (κ1) is 18.1. The molecule has 2 aromatic carbocycles. The second-order valence-corrected chi connectivity index (χ2v) is 7.20. The number of H-pyrrole nitrogens is 1. The first-order valence-electron chi connectivity index (χ1n) is 9.76. The van der Waals surface area contributed by atoms with Crippen molar-refractivity contribution in [2.75, 3.05) is 5.32 Å². The maximum Gasteiger partial charge on any atom is 0.245 e. The molecule has 3 aromatic heterocycles. The van der Waals surface area contributed by atoms with Crippen LogP contribution in [0.1, 0.15) is 13.8 Å². The second kappa shape index (κ2) is 7.44. The van der Waals surface area contributed by atoms with E-state index in [1.54, 1.807) is 6.33 Å². The third kappa shape index (κ3) is 3.41. The molecule has 30 heavy (non-hydrogen) atoms. The van der Waals surface area contributed by atoms with Gasteiger partial charge in [-0.15, -0.1) is 0 Å². The molecule has 0 aliphatic heterocycles. The van der Waals surface area contributed by atoms with Crippen LogP contribution in [0.2, 0.25) is 0 Å². The lowest BCUT2D eigenvalue weighted by Gasteiger charge is -2.12. The van der Waals surface area contributed by atoms with E-state index in [9.17, 15) is 0 Å². The molecule has 0 spiro atoms. The molecule has 0 fully saturated rings. The smallest absolute Gasteiger partial charge is 0.245 e. The molecule has 0 atom stereocenters. The van der Waals surface area contributed by atoms with Gasteiger partial charge in [-0.1, -0.05) is 30.3 Å². The minimum Gasteiger partial charge on any atom is -0.473 e. The number of benzene rings is 2. The predicted octanol–water partition coefficient (Wildman–Crippen LogP) is 5.10. The van der Waals surface area contributed by atoms with Crippen molar-refractivity contribution in [3.63, 3.8) is 0 Å². The van der Waals surface area contributed by atoms with Gasteiger partial charge in [-0.05, 0) is 49.2 Å². The van der Waals surface area contributed by atoms with E-state index in [4.69, 9.17) is 4.74 Å². The molecule has 0 radical (unpaired) electrons. The van der Waals surface area contributed by atoms with Gasteiger partial charge in [0.15, 0.2) is 5.65 Å². The lowest BCUT2D eigenvalue weighted by atomic mass is 10.0. The van der Waals surface area contributed by atoms with Crippen molar-refractivity contribution in [2.45, 2.75) is 20.0 Å². The molecule has 0 saturated heterocycles. The van der Waals surface area contributed by atoms with Gasteiger partial charge in [-0.3, -0.25) is 4.98 Å². The maximum atomic E-state index is 5.84. The minimum absolute atomic E-state index is 0.0144. The van der Waals surface area contributed by atoms with Gasteiger partial charge in [0, 0.05) is 17.3 Å². The first-order chi connectivity index (χ1) is 14.7. The summed E-state index contributed by atoms with van der Waals surface area (Å²) in [5.41, 5.74) is 5.28. The number of hydrogen-bond acceptors (Lipinski definition) is 6. The Balaban J connectivity index is 1.56. The van der Waals surface area contributed by atoms with Gasteiger partial charge in [0.25, 0.3) is 0 Å². The Labute approximate surface area is 173 Å². The molecular weight excluding hydrogens is 376 g/mol. The van der Waals surface area contributed by atoms with E-state index < -0.39 is 0 Å². The zero-order chi connectivity index (χ0) is 20.5. The number of hydrogen-bond donors (Lipinski definition) is 2. The maximum absolute atomic E-state index is 5.84. The molecule has 0 unspecified atom stereocenters. The molecule has 148 valence electrons.